The van der Waals surface area contributed by atoms with E-state index < -0.39 is 0 Å². The molecule has 0 bridgehead atoms. The predicted octanol–water partition coefficient (Wildman–Crippen LogP) is 4.80. The maximum atomic E-state index is 12.8. The minimum atomic E-state index is -0.356. The third-order valence-electron chi connectivity index (χ3n) is 5.10. The summed E-state index contributed by atoms with van der Waals surface area (Å²) in [5.74, 6) is 0.0780. The first-order chi connectivity index (χ1) is 15.6. The normalized spacial score (nSPS) is 11.2. The Hall–Kier alpha value is -3.91. The van der Waals surface area contributed by atoms with Crippen LogP contribution in [0.2, 0.25) is 5.15 Å². The molecule has 0 aliphatic carbocycles. The molecule has 160 valence electrons. The third-order valence-corrected chi connectivity index (χ3v) is 5.31. The monoisotopic (exact) mass is 446 g/mol. The van der Waals surface area contributed by atoms with Crippen molar-refractivity contribution in [2.24, 2.45) is 0 Å². The molecule has 0 spiro atoms. The second kappa shape index (κ2) is 8.32. The molecule has 32 heavy (non-hydrogen) atoms. The highest BCUT2D eigenvalue weighted by Gasteiger charge is 2.19. The Balaban J connectivity index is 1.27. The van der Waals surface area contributed by atoms with Crippen molar-refractivity contribution in [3.63, 3.8) is 0 Å². The van der Waals surface area contributed by atoms with Gasteiger partial charge in [-0.05, 0) is 31.2 Å². The number of benzene rings is 1. The molecule has 0 fully saturated rings. The lowest BCUT2D eigenvalue weighted by Gasteiger charge is -2.05. The number of hydrogen-bond acceptors (Lipinski definition) is 5. The third kappa shape index (κ3) is 4.00. The summed E-state index contributed by atoms with van der Waals surface area (Å²) < 4.78 is 9.26. The van der Waals surface area contributed by atoms with Crippen LogP contribution in [0.1, 0.15) is 16.1 Å². The molecule has 4 heterocycles. The molecule has 1 N–H and O–H groups in total. The number of amides is 1. The number of carbonyl (C=O) groups excluding carboxylic acids is 1. The van der Waals surface area contributed by atoms with Crippen molar-refractivity contribution in [3.05, 3.63) is 83.9 Å². The van der Waals surface area contributed by atoms with Gasteiger partial charge in [0, 0.05) is 29.9 Å². The highest BCUT2D eigenvalue weighted by molar-refractivity contribution is 6.29. The Bertz CT molecular complexity index is 1420. The van der Waals surface area contributed by atoms with Crippen molar-refractivity contribution < 1.29 is 9.21 Å². The predicted molar refractivity (Wildman–Crippen MR) is 122 cm³/mol. The van der Waals surface area contributed by atoms with Gasteiger partial charge in [-0.2, -0.15) is 5.10 Å². The Labute approximate surface area is 188 Å². The minimum Gasteiger partial charge on any atom is -0.443 e. The number of anilines is 1. The van der Waals surface area contributed by atoms with Crippen LogP contribution in [0.5, 0.6) is 0 Å². The van der Waals surface area contributed by atoms with Gasteiger partial charge < -0.3 is 14.3 Å². The average Bonchev–Trinajstić information content (AvgIpc) is 3.52. The van der Waals surface area contributed by atoms with E-state index in [4.69, 9.17) is 16.0 Å². The number of pyridine rings is 1. The van der Waals surface area contributed by atoms with Gasteiger partial charge in [-0.15, -0.1) is 0 Å². The minimum absolute atomic E-state index is 0.227. The standard InChI is InChI=1S/C23H19ClN6O2/c1-15-3-2-4-17(11-15)21-20(25-14-32-21)23(31)27-18-12-26-30(13-18)10-9-29-8-7-16-5-6-19(24)28-22(16)29/h2-8,11-14H,9-10H2,1H3,(H,27,31). The van der Waals surface area contributed by atoms with Gasteiger partial charge in [0.05, 0.1) is 18.4 Å². The first-order valence-corrected chi connectivity index (χ1v) is 10.4. The molecule has 0 aliphatic rings. The number of hydrogen-bond donors (Lipinski definition) is 1. The zero-order valence-corrected chi connectivity index (χ0v) is 18.0. The molecular weight excluding hydrogens is 428 g/mol. The largest absolute Gasteiger partial charge is 0.443 e. The maximum absolute atomic E-state index is 12.8. The fourth-order valence-corrected chi connectivity index (χ4v) is 3.71. The molecule has 4 aromatic heterocycles. The average molecular weight is 447 g/mol. The van der Waals surface area contributed by atoms with E-state index in [9.17, 15) is 4.79 Å². The lowest BCUT2D eigenvalue weighted by atomic mass is 10.1. The maximum Gasteiger partial charge on any atom is 0.278 e. The zero-order valence-electron chi connectivity index (χ0n) is 17.2. The molecule has 9 heteroatoms. The zero-order chi connectivity index (χ0) is 22.1. The number of oxazole rings is 1. The Kier molecular flexibility index (Phi) is 5.20. The van der Waals surface area contributed by atoms with E-state index in [1.807, 2.05) is 54.1 Å². The lowest BCUT2D eigenvalue weighted by molar-refractivity contribution is 0.102. The van der Waals surface area contributed by atoms with Crippen molar-refractivity contribution in [2.45, 2.75) is 20.0 Å². The van der Waals surface area contributed by atoms with Crippen LogP contribution < -0.4 is 5.32 Å². The molecule has 1 aromatic carbocycles. The first-order valence-electron chi connectivity index (χ1n) is 10.0. The van der Waals surface area contributed by atoms with Crippen LogP contribution in [-0.4, -0.2) is 30.2 Å². The van der Waals surface area contributed by atoms with Crippen LogP contribution in [0.25, 0.3) is 22.4 Å². The van der Waals surface area contributed by atoms with Crippen LogP contribution in [0.4, 0.5) is 5.69 Å². The van der Waals surface area contributed by atoms with E-state index >= 15 is 0 Å². The van der Waals surface area contributed by atoms with Crippen molar-refractivity contribution in [3.8, 4) is 11.3 Å². The Morgan fingerprint density at radius 1 is 1.19 bits per heavy atom. The van der Waals surface area contributed by atoms with Crippen LogP contribution >= 0.6 is 11.6 Å². The van der Waals surface area contributed by atoms with Crippen LogP contribution in [-0.2, 0) is 13.1 Å². The van der Waals surface area contributed by atoms with Gasteiger partial charge in [0.15, 0.2) is 17.8 Å². The second-order valence-corrected chi connectivity index (χ2v) is 7.79. The topological polar surface area (TPSA) is 90.8 Å². The number of halogens is 1. The molecule has 0 unspecified atom stereocenters. The SMILES string of the molecule is Cc1cccc(-c2ocnc2C(=O)Nc2cnn(CCn3ccc4ccc(Cl)nc43)c2)c1. The molecule has 0 aliphatic heterocycles. The molecule has 5 aromatic rings. The Morgan fingerprint density at radius 3 is 2.97 bits per heavy atom. The lowest BCUT2D eigenvalue weighted by Crippen LogP contribution is -2.13. The number of nitrogens with zero attached hydrogens (tertiary/aromatic N) is 5. The van der Waals surface area contributed by atoms with E-state index in [-0.39, 0.29) is 11.6 Å². The summed E-state index contributed by atoms with van der Waals surface area (Å²) in [7, 11) is 0. The van der Waals surface area contributed by atoms with Gasteiger partial charge >= 0.3 is 0 Å². The van der Waals surface area contributed by atoms with Crippen molar-refractivity contribution in [1.29, 1.82) is 0 Å². The summed E-state index contributed by atoms with van der Waals surface area (Å²) in [6, 6.07) is 13.4. The smallest absolute Gasteiger partial charge is 0.278 e. The van der Waals surface area contributed by atoms with E-state index in [0.717, 1.165) is 22.2 Å². The van der Waals surface area contributed by atoms with Gasteiger partial charge in [0.25, 0.3) is 5.91 Å². The quantitative estimate of drug-likeness (QED) is 0.378. The molecule has 8 nitrogen and oxygen atoms in total. The summed E-state index contributed by atoms with van der Waals surface area (Å²) in [6.07, 6.45) is 6.62. The van der Waals surface area contributed by atoms with E-state index in [0.29, 0.717) is 29.7 Å². The summed E-state index contributed by atoms with van der Waals surface area (Å²) in [5, 5.41) is 8.66. The van der Waals surface area contributed by atoms with Crippen LogP contribution in [0.3, 0.4) is 0 Å². The van der Waals surface area contributed by atoms with Gasteiger partial charge in [-0.25, -0.2) is 9.97 Å². The molecule has 0 saturated heterocycles. The van der Waals surface area contributed by atoms with Crippen LogP contribution in [0, 0.1) is 6.92 Å². The first kappa shape index (κ1) is 20.0. The molecule has 0 saturated carbocycles. The van der Waals surface area contributed by atoms with Gasteiger partial charge in [-0.1, -0.05) is 35.4 Å². The summed E-state index contributed by atoms with van der Waals surface area (Å²) >= 11 is 6.02. The van der Waals surface area contributed by atoms with Crippen molar-refractivity contribution in [2.75, 3.05) is 5.32 Å². The van der Waals surface area contributed by atoms with Crippen LogP contribution in [0.15, 0.2) is 71.9 Å². The van der Waals surface area contributed by atoms with Crippen molar-refractivity contribution in [1.82, 2.24) is 24.3 Å². The van der Waals surface area contributed by atoms with E-state index in [1.165, 1.54) is 6.39 Å². The molecular formula is C23H19ClN6O2. The second-order valence-electron chi connectivity index (χ2n) is 7.40. The number of aromatic nitrogens is 5. The summed E-state index contributed by atoms with van der Waals surface area (Å²) in [4.78, 5) is 21.3. The van der Waals surface area contributed by atoms with Gasteiger partial charge in [-0.3, -0.25) is 9.48 Å². The fraction of sp³-hybridized carbons (Fsp3) is 0.130. The highest BCUT2D eigenvalue weighted by atomic mass is 35.5. The van der Waals surface area contributed by atoms with Gasteiger partial charge in [0.2, 0.25) is 0 Å². The molecule has 1 amide bonds. The summed E-state index contributed by atoms with van der Waals surface area (Å²) in [6.45, 7) is 3.24. The molecule has 0 radical (unpaired) electrons. The van der Waals surface area contributed by atoms with E-state index in [1.54, 1.807) is 23.1 Å². The number of nitrogens with one attached hydrogen (secondary N) is 1. The number of fused-ring (bicyclic) bond motifs is 1. The van der Waals surface area contributed by atoms with E-state index in [2.05, 4.69) is 20.4 Å². The molecule has 5 rings (SSSR count). The van der Waals surface area contributed by atoms with Gasteiger partial charge in [0.1, 0.15) is 10.8 Å². The summed E-state index contributed by atoms with van der Waals surface area (Å²) in [5.41, 5.74) is 3.50. The number of carbonyl (C=O) groups is 1. The highest BCUT2D eigenvalue weighted by Crippen LogP contribution is 2.24. The Morgan fingerprint density at radius 2 is 2.09 bits per heavy atom. The van der Waals surface area contributed by atoms with Crippen molar-refractivity contribution >= 4 is 34.2 Å². The number of aryl methyl sites for hydroxylation is 3. The number of rotatable bonds is 6. The fourth-order valence-electron chi connectivity index (χ4n) is 3.57. The molecule has 0 atom stereocenters.